The molecule has 1 aliphatic heterocycles. The average Bonchev–Trinajstić information content (AvgIpc) is 2.48. The number of carbonyl (C=O) groups is 3. The molecule has 1 aromatic carbocycles. The van der Waals surface area contributed by atoms with E-state index in [0.29, 0.717) is 11.1 Å². The van der Waals surface area contributed by atoms with Crippen molar-refractivity contribution in [1.29, 1.82) is 0 Å². The van der Waals surface area contributed by atoms with E-state index in [-0.39, 0.29) is 11.8 Å². The number of imide groups is 1. The van der Waals surface area contributed by atoms with Gasteiger partial charge in [-0.05, 0) is 37.1 Å². The number of benzene rings is 1. The van der Waals surface area contributed by atoms with Crippen molar-refractivity contribution in [3.63, 3.8) is 0 Å². The maximum Gasteiger partial charge on any atom is 0.258 e. The van der Waals surface area contributed by atoms with Gasteiger partial charge in [-0.25, -0.2) is 0 Å². The van der Waals surface area contributed by atoms with Gasteiger partial charge < -0.3 is 4.79 Å². The summed E-state index contributed by atoms with van der Waals surface area (Å²) in [6.07, 6.45) is 0. The lowest BCUT2D eigenvalue weighted by atomic mass is 10.0. The van der Waals surface area contributed by atoms with Gasteiger partial charge in [0.15, 0.2) is 0 Å². The normalized spacial score (nSPS) is 12.7. The van der Waals surface area contributed by atoms with Crippen molar-refractivity contribution in [1.82, 2.24) is 5.32 Å². The Kier molecular flexibility index (Phi) is 2.99. The Bertz CT molecular complexity index is 399. The molecule has 0 aromatic heterocycles. The Hall–Kier alpha value is -1.97. The molecule has 1 heterocycles. The van der Waals surface area contributed by atoms with Crippen LogP contribution in [0.2, 0.25) is 0 Å². The monoisotopic (exact) mass is 205 g/mol. The maximum atomic E-state index is 11.2. The first-order valence-corrected chi connectivity index (χ1v) is 4.35. The summed E-state index contributed by atoms with van der Waals surface area (Å²) >= 11 is 0. The zero-order valence-electron chi connectivity index (χ0n) is 8.59. The van der Waals surface area contributed by atoms with Gasteiger partial charge in [-0.15, -0.1) is 0 Å². The fraction of sp³-hybridized carbons (Fsp3) is 0.182. The molecular formula is C11H11NO3. The van der Waals surface area contributed by atoms with E-state index in [1.54, 1.807) is 12.1 Å². The lowest BCUT2D eigenvalue weighted by molar-refractivity contribution is -0.0980. The molecule has 4 heteroatoms. The van der Waals surface area contributed by atoms with Crippen molar-refractivity contribution in [2.24, 2.45) is 0 Å². The molecular weight excluding hydrogens is 194 g/mol. The third kappa shape index (κ3) is 1.79. The van der Waals surface area contributed by atoms with Gasteiger partial charge in [0.05, 0.1) is 11.1 Å². The topological polar surface area (TPSA) is 63.2 Å². The molecule has 0 unspecified atom stereocenters. The molecule has 0 saturated heterocycles. The summed E-state index contributed by atoms with van der Waals surface area (Å²) in [6.45, 7) is 5.84. The molecule has 0 aliphatic carbocycles. The third-order valence-corrected chi connectivity index (χ3v) is 2.35. The third-order valence-electron chi connectivity index (χ3n) is 2.35. The van der Waals surface area contributed by atoms with E-state index < -0.39 is 0 Å². The van der Waals surface area contributed by atoms with Crippen LogP contribution in [0.1, 0.15) is 31.8 Å². The highest BCUT2D eigenvalue weighted by atomic mass is 16.2. The Labute approximate surface area is 87.3 Å². The van der Waals surface area contributed by atoms with E-state index in [2.05, 4.69) is 5.32 Å². The minimum Gasteiger partial charge on any atom is -0.307 e. The van der Waals surface area contributed by atoms with E-state index >= 15 is 0 Å². The average molecular weight is 205 g/mol. The smallest absolute Gasteiger partial charge is 0.258 e. The quantitative estimate of drug-likeness (QED) is 0.643. The van der Waals surface area contributed by atoms with Crippen LogP contribution in [-0.2, 0) is 4.79 Å². The van der Waals surface area contributed by atoms with Gasteiger partial charge in [-0.3, -0.25) is 14.9 Å². The molecule has 0 saturated carbocycles. The zero-order valence-corrected chi connectivity index (χ0v) is 8.59. The second-order valence-corrected chi connectivity index (χ2v) is 3.27. The summed E-state index contributed by atoms with van der Waals surface area (Å²) in [7, 11) is 0. The van der Waals surface area contributed by atoms with Gasteiger partial charge in [0.1, 0.15) is 6.79 Å². The molecule has 4 nitrogen and oxygen atoms in total. The highest BCUT2D eigenvalue weighted by Gasteiger charge is 2.26. The largest absolute Gasteiger partial charge is 0.307 e. The van der Waals surface area contributed by atoms with E-state index in [4.69, 9.17) is 4.79 Å². The van der Waals surface area contributed by atoms with E-state index in [1.165, 1.54) is 0 Å². The van der Waals surface area contributed by atoms with Crippen LogP contribution < -0.4 is 5.32 Å². The number of aryl methyl sites for hydroxylation is 2. The summed E-state index contributed by atoms with van der Waals surface area (Å²) in [5.41, 5.74) is 3.05. The zero-order chi connectivity index (χ0) is 11.6. The van der Waals surface area contributed by atoms with Crippen molar-refractivity contribution in [2.75, 3.05) is 0 Å². The summed E-state index contributed by atoms with van der Waals surface area (Å²) in [5, 5.41) is 2.26. The molecule has 1 N–H and O–H groups in total. The SMILES string of the molecule is C=O.Cc1cc2c(cc1C)C(=O)NC2=O. The molecule has 78 valence electrons. The standard InChI is InChI=1S/C10H9NO2.CH2O/c1-5-3-7-8(4-6(5)2)10(13)11-9(7)12;1-2/h3-4H,1-2H3,(H,11,12,13);1H2. The van der Waals surface area contributed by atoms with Gasteiger partial charge >= 0.3 is 0 Å². The van der Waals surface area contributed by atoms with Crippen molar-refractivity contribution in [3.05, 3.63) is 34.4 Å². The Morgan fingerprint density at radius 2 is 1.27 bits per heavy atom. The number of nitrogens with one attached hydrogen (secondary N) is 1. The van der Waals surface area contributed by atoms with Crippen LogP contribution >= 0.6 is 0 Å². The van der Waals surface area contributed by atoms with Crippen LogP contribution in [0.15, 0.2) is 12.1 Å². The minimum atomic E-state index is -0.289. The highest BCUT2D eigenvalue weighted by Crippen LogP contribution is 2.19. The first kappa shape index (κ1) is 11.1. The molecule has 0 fully saturated rings. The van der Waals surface area contributed by atoms with Crippen LogP contribution in [0.3, 0.4) is 0 Å². The van der Waals surface area contributed by atoms with Gasteiger partial charge in [-0.1, -0.05) is 0 Å². The van der Waals surface area contributed by atoms with Crippen molar-refractivity contribution in [2.45, 2.75) is 13.8 Å². The Morgan fingerprint density at radius 1 is 0.933 bits per heavy atom. The number of hydrogen-bond donors (Lipinski definition) is 1. The van der Waals surface area contributed by atoms with Crippen LogP contribution in [0, 0.1) is 13.8 Å². The molecule has 2 amide bonds. The molecule has 0 radical (unpaired) electrons. The fourth-order valence-electron chi connectivity index (χ4n) is 1.43. The number of amides is 2. The fourth-order valence-corrected chi connectivity index (χ4v) is 1.43. The number of fused-ring (bicyclic) bond motifs is 1. The van der Waals surface area contributed by atoms with Crippen LogP contribution in [0.5, 0.6) is 0 Å². The summed E-state index contributed by atoms with van der Waals surface area (Å²) in [5.74, 6) is -0.578. The second kappa shape index (κ2) is 4.04. The van der Waals surface area contributed by atoms with Gasteiger partial charge in [0, 0.05) is 0 Å². The molecule has 2 rings (SSSR count). The van der Waals surface area contributed by atoms with Gasteiger partial charge in [0.25, 0.3) is 11.8 Å². The van der Waals surface area contributed by atoms with E-state index in [1.807, 2.05) is 20.6 Å². The predicted molar refractivity (Wildman–Crippen MR) is 54.8 cm³/mol. The maximum absolute atomic E-state index is 11.2. The van der Waals surface area contributed by atoms with Gasteiger partial charge in [-0.2, -0.15) is 0 Å². The molecule has 0 atom stereocenters. The number of carbonyl (C=O) groups excluding carboxylic acids is 3. The van der Waals surface area contributed by atoms with E-state index in [0.717, 1.165) is 11.1 Å². The summed E-state index contributed by atoms with van der Waals surface area (Å²) in [4.78, 5) is 30.4. The Balaban J connectivity index is 0.000000531. The molecule has 1 aliphatic rings. The van der Waals surface area contributed by atoms with Crippen molar-refractivity contribution < 1.29 is 14.4 Å². The minimum absolute atomic E-state index is 0.289. The van der Waals surface area contributed by atoms with Crippen molar-refractivity contribution in [3.8, 4) is 0 Å². The molecule has 0 spiro atoms. The van der Waals surface area contributed by atoms with Crippen LogP contribution in [0.4, 0.5) is 0 Å². The number of hydrogen-bond acceptors (Lipinski definition) is 3. The second-order valence-electron chi connectivity index (χ2n) is 3.27. The Morgan fingerprint density at radius 3 is 1.60 bits per heavy atom. The lowest BCUT2D eigenvalue weighted by Gasteiger charge is -2.00. The predicted octanol–water partition coefficient (Wildman–Crippen LogP) is 1.00. The van der Waals surface area contributed by atoms with E-state index in [9.17, 15) is 9.59 Å². The van der Waals surface area contributed by atoms with Crippen LogP contribution in [-0.4, -0.2) is 18.6 Å². The first-order valence-electron chi connectivity index (χ1n) is 4.35. The number of rotatable bonds is 0. The van der Waals surface area contributed by atoms with Gasteiger partial charge in [0.2, 0.25) is 0 Å². The lowest BCUT2D eigenvalue weighted by Crippen LogP contribution is -2.19. The van der Waals surface area contributed by atoms with Crippen molar-refractivity contribution >= 4 is 18.6 Å². The molecule has 15 heavy (non-hydrogen) atoms. The molecule has 1 aromatic rings. The molecule has 0 bridgehead atoms. The highest BCUT2D eigenvalue weighted by molar-refractivity contribution is 6.21. The summed E-state index contributed by atoms with van der Waals surface area (Å²) < 4.78 is 0. The first-order chi connectivity index (χ1) is 7.09. The summed E-state index contributed by atoms with van der Waals surface area (Å²) in [6, 6.07) is 3.51. The van der Waals surface area contributed by atoms with Crippen LogP contribution in [0.25, 0.3) is 0 Å².